The maximum absolute atomic E-state index is 13.0. The van der Waals surface area contributed by atoms with Gasteiger partial charge in [0.25, 0.3) is 5.56 Å². The lowest BCUT2D eigenvalue weighted by Gasteiger charge is -2.20. The molecule has 0 fully saturated rings. The Kier molecular flexibility index (Phi) is 5.88. The molecule has 0 radical (unpaired) electrons. The molecule has 0 aliphatic carbocycles. The Balaban J connectivity index is 0.00000225. The van der Waals surface area contributed by atoms with Crippen molar-refractivity contribution in [1.82, 2.24) is 4.57 Å². The zero-order chi connectivity index (χ0) is 17.3. The van der Waals surface area contributed by atoms with Crippen LogP contribution in [0.5, 0.6) is 5.75 Å². The van der Waals surface area contributed by atoms with Gasteiger partial charge in [0.05, 0.1) is 5.39 Å². The molecule has 4 nitrogen and oxygen atoms in total. The second-order valence-electron chi connectivity index (χ2n) is 6.43. The van der Waals surface area contributed by atoms with E-state index in [0.717, 1.165) is 22.2 Å². The Bertz CT molecular complexity index is 934. The van der Waals surface area contributed by atoms with Crippen LogP contribution < -0.4 is 11.3 Å². The molecule has 1 aromatic heterocycles. The molecule has 0 aliphatic rings. The molecule has 0 saturated heterocycles. The van der Waals surface area contributed by atoms with E-state index in [1.165, 1.54) is 0 Å². The van der Waals surface area contributed by atoms with Gasteiger partial charge in [0.15, 0.2) is 0 Å². The third kappa shape index (κ3) is 3.55. The number of benzene rings is 2. The summed E-state index contributed by atoms with van der Waals surface area (Å²) in [7, 11) is 0. The molecule has 3 N–H and O–H groups in total. The average Bonchev–Trinajstić information content (AvgIpc) is 2.57. The Hall–Kier alpha value is -2.30. The molecule has 3 aromatic rings. The normalized spacial score (nSPS) is 10.9. The molecule has 5 heteroatoms. The Morgan fingerprint density at radius 1 is 1.08 bits per heavy atom. The number of hydrogen-bond acceptors (Lipinski definition) is 3. The molecule has 0 aliphatic heterocycles. The fourth-order valence-corrected chi connectivity index (χ4v) is 3.18. The largest absolute Gasteiger partial charge is 0.508 e. The van der Waals surface area contributed by atoms with Crippen molar-refractivity contribution in [3.8, 4) is 16.9 Å². The molecule has 0 amide bonds. The monoisotopic (exact) mass is 358 g/mol. The van der Waals surface area contributed by atoms with Gasteiger partial charge in [-0.2, -0.15) is 0 Å². The van der Waals surface area contributed by atoms with E-state index < -0.39 is 0 Å². The second kappa shape index (κ2) is 7.72. The summed E-state index contributed by atoms with van der Waals surface area (Å²) in [4.78, 5) is 13.0. The van der Waals surface area contributed by atoms with Crippen molar-refractivity contribution in [2.75, 3.05) is 0 Å². The molecule has 0 unspecified atom stereocenters. The van der Waals surface area contributed by atoms with E-state index in [1.807, 2.05) is 30.3 Å². The maximum Gasteiger partial charge on any atom is 0.258 e. The van der Waals surface area contributed by atoms with Crippen molar-refractivity contribution in [3.05, 3.63) is 64.6 Å². The number of pyridine rings is 1. The van der Waals surface area contributed by atoms with Crippen molar-refractivity contribution in [2.45, 2.75) is 26.9 Å². The summed E-state index contributed by atoms with van der Waals surface area (Å²) in [6, 6.07) is 14.9. The van der Waals surface area contributed by atoms with Gasteiger partial charge in [-0.05, 0) is 35.1 Å². The molecule has 2 aromatic carbocycles. The Labute approximate surface area is 153 Å². The summed E-state index contributed by atoms with van der Waals surface area (Å²) in [5.74, 6) is 0.404. The molecule has 3 rings (SSSR count). The van der Waals surface area contributed by atoms with Gasteiger partial charge in [0, 0.05) is 24.3 Å². The predicted molar refractivity (Wildman–Crippen MR) is 105 cm³/mol. The minimum absolute atomic E-state index is 0. The topological polar surface area (TPSA) is 68.2 Å². The molecule has 0 spiro atoms. The van der Waals surface area contributed by atoms with Crippen LogP contribution in [0.25, 0.3) is 21.9 Å². The van der Waals surface area contributed by atoms with E-state index in [9.17, 15) is 9.90 Å². The van der Waals surface area contributed by atoms with Gasteiger partial charge in [0.2, 0.25) is 0 Å². The molecule has 0 saturated carbocycles. The minimum Gasteiger partial charge on any atom is -0.508 e. The third-order valence-corrected chi connectivity index (χ3v) is 4.17. The fraction of sp³-hybridized carbons (Fsp3) is 0.250. The standard InChI is InChI=1S/C20H22N2O2.ClH/c1-13(2)12-22-18(11-21)19(14-6-4-3-5-7-14)16-9-8-15(23)10-17(16)20(22)24;/h3-10,13,23H,11-12,21H2,1-2H3;1H. The summed E-state index contributed by atoms with van der Waals surface area (Å²) in [5, 5.41) is 11.2. The van der Waals surface area contributed by atoms with Crippen LogP contribution in [0.15, 0.2) is 53.3 Å². The van der Waals surface area contributed by atoms with Crippen LogP contribution in [-0.4, -0.2) is 9.67 Å². The van der Waals surface area contributed by atoms with E-state index >= 15 is 0 Å². The number of phenolic OH excluding ortho intramolecular Hbond substituents is 1. The highest BCUT2D eigenvalue weighted by atomic mass is 35.5. The number of rotatable bonds is 4. The van der Waals surface area contributed by atoms with Crippen LogP contribution in [0.3, 0.4) is 0 Å². The van der Waals surface area contributed by atoms with Crippen molar-refractivity contribution >= 4 is 23.2 Å². The van der Waals surface area contributed by atoms with E-state index in [0.29, 0.717) is 17.8 Å². The lowest BCUT2D eigenvalue weighted by Crippen LogP contribution is -2.28. The van der Waals surface area contributed by atoms with Gasteiger partial charge in [-0.25, -0.2) is 0 Å². The number of nitrogens with zero attached hydrogens (tertiary/aromatic N) is 1. The maximum atomic E-state index is 13.0. The van der Waals surface area contributed by atoms with Crippen LogP contribution in [0.2, 0.25) is 0 Å². The molecular weight excluding hydrogens is 336 g/mol. The summed E-state index contributed by atoms with van der Waals surface area (Å²) >= 11 is 0. The first-order valence-corrected chi connectivity index (χ1v) is 8.16. The molecule has 25 heavy (non-hydrogen) atoms. The number of aromatic nitrogens is 1. The van der Waals surface area contributed by atoms with Gasteiger partial charge in [-0.3, -0.25) is 4.79 Å². The number of hydrogen-bond donors (Lipinski definition) is 2. The number of nitrogens with two attached hydrogens (primary N) is 1. The lowest BCUT2D eigenvalue weighted by atomic mass is 9.96. The van der Waals surface area contributed by atoms with Gasteiger partial charge in [0.1, 0.15) is 5.75 Å². The number of halogens is 1. The van der Waals surface area contributed by atoms with E-state index in [1.54, 1.807) is 22.8 Å². The second-order valence-corrected chi connectivity index (χ2v) is 6.43. The molecule has 0 bridgehead atoms. The molecular formula is C20H23ClN2O2. The first kappa shape index (κ1) is 19.0. The van der Waals surface area contributed by atoms with E-state index in [4.69, 9.17) is 5.73 Å². The third-order valence-electron chi connectivity index (χ3n) is 4.17. The number of phenols is 1. The SMILES string of the molecule is CC(C)Cn1c(CN)c(-c2ccccc2)c2ccc(O)cc2c1=O.Cl. The van der Waals surface area contributed by atoms with Gasteiger partial charge in [-0.1, -0.05) is 44.2 Å². The number of fused-ring (bicyclic) bond motifs is 1. The summed E-state index contributed by atoms with van der Waals surface area (Å²) in [6.07, 6.45) is 0. The van der Waals surface area contributed by atoms with Crippen molar-refractivity contribution in [2.24, 2.45) is 11.7 Å². The van der Waals surface area contributed by atoms with Crippen LogP contribution in [0.4, 0.5) is 0 Å². The summed E-state index contributed by atoms with van der Waals surface area (Å²) < 4.78 is 1.76. The fourth-order valence-electron chi connectivity index (χ4n) is 3.18. The minimum atomic E-state index is -0.102. The van der Waals surface area contributed by atoms with E-state index in [-0.39, 0.29) is 30.3 Å². The number of aromatic hydroxyl groups is 1. The predicted octanol–water partition coefficient (Wildman–Crippen LogP) is 3.91. The van der Waals surface area contributed by atoms with Gasteiger partial charge in [-0.15, -0.1) is 12.4 Å². The average molecular weight is 359 g/mol. The van der Waals surface area contributed by atoms with Crippen LogP contribution >= 0.6 is 12.4 Å². The van der Waals surface area contributed by atoms with Crippen LogP contribution in [0, 0.1) is 5.92 Å². The van der Waals surface area contributed by atoms with Crippen molar-refractivity contribution in [1.29, 1.82) is 0 Å². The Morgan fingerprint density at radius 2 is 1.76 bits per heavy atom. The smallest absolute Gasteiger partial charge is 0.258 e. The lowest BCUT2D eigenvalue weighted by molar-refractivity contribution is 0.475. The van der Waals surface area contributed by atoms with Crippen molar-refractivity contribution in [3.63, 3.8) is 0 Å². The first-order valence-electron chi connectivity index (χ1n) is 8.16. The summed E-state index contributed by atoms with van der Waals surface area (Å²) in [5.41, 5.74) is 8.76. The quantitative estimate of drug-likeness (QED) is 0.743. The van der Waals surface area contributed by atoms with Gasteiger partial charge < -0.3 is 15.4 Å². The van der Waals surface area contributed by atoms with Gasteiger partial charge >= 0.3 is 0 Å². The van der Waals surface area contributed by atoms with Crippen molar-refractivity contribution < 1.29 is 5.11 Å². The molecule has 0 atom stereocenters. The zero-order valence-electron chi connectivity index (χ0n) is 14.4. The zero-order valence-corrected chi connectivity index (χ0v) is 15.2. The Morgan fingerprint density at radius 3 is 2.36 bits per heavy atom. The highest BCUT2D eigenvalue weighted by Crippen LogP contribution is 2.32. The first-order chi connectivity index (χ1) is 11.5. The van der Waals surface area contributed by atoms with Crippen LogP contribution in [0.1, 0.15) is 19.5 Å². The summed E-state index contributed by atoms with van der Waals surface area (Å²) in [6.45, 7) is 5.02. The highest BCUT2D eigenvalue weighted by Gasteiger charge is 2.18. The van der Waals surface area contributed by atoms with Crippen LogP contribution in [-0.2, 0) is 13.1 Å². The molecule has 132 valence electrons. The highest BCUT2D eigenvalue weighted by molar-refractivity contribution is 5.98. The van der Waals surface area contributed by atoms with E-state index in [2.05, 4.69) is 13.8 Å². The molecule has 1 heterocycles.